The van der Waals surface area contributed by atoms with Gasteiger partial charge < -0.3 is 10.1 Å². The smallest absolute Gasteiger partial charge is 0.258 e. The lowest BCUT2D eigenvalue weighted by Gasteiger charge is -2.16. The zero-order chi connectivity index (χ0) is 18.1. The summed E-state index contributed by atoms with van der Waals surface area (Å²) in [5, 5.41) is 10.7. The second-order valence-corrected chi connectivity index (χ2v) is 7.81. The van der Waals surface area contributed by atoms with Gasteiger partial charge in [0.1, 0.15) is 0 Å². The van der Waals surface area contributed by atoms with Gasteiger partial charge in [-0.05, 0) is 30.2 Å². The summed E-state index contributed by atoms with van der Waals surface area (Å²) in [6, 6.07) is 10.5. The third-order valence-corrected chi connectivity index (χ3v) is 5.93. The third kappa shape index (κ3) is 3.03. The molecular formula is C18H18N4O3S. The number of hydrogen-bond acceptors (Lipinski definition) is 5. The number of nitrogens with zero attached hydrogens (tertiary/aromatic N) is 2. The summed E-state index contributed by atoms with van der Waals surface area (Å²) >= 11 is 0. The highest BCUT2D eigenvalue weighted by Crippen LogP contribution is 2.21. The Labute approximate surface area is 150 Å². The largest absolute Gasteiger partial charge is 0.395 e. The molecule has 0 amide bonds. The van der Waals surface area contributed by atoms with Crippen molar-refractivity contribution in [3.63, 3.8) is 0 Å². The Kier molecular flexibility index (Phi) is 4.31. The molecule has 134 valence electrons. The molecule has 1 atom stereocenters. The number of aliphatic hydroxyl groups is 1. The number of benzene rings is 1. The first-order valence-corrected chi connectivity index (χ1v) is 9.73. The van der Waals surface area contributed by atoms with Gasteiger partial charge in [0.2, 0.25) is 0 Å². The van der Waals surface area contributed by atoms with E-state index < -0.39 is 16.1 Å². The number of hydrogen-bond donors (Lipinski definition) is 3. The van der Waals surface area contributed by atoms with Gasteiger partial charge in [0.25, 0.3) is 10.0 Å². The number of aromatic nitrogens is 2. The predicted octanol–water partition coefficient (Wildman–Crippen LogP) is 1.35. The van der Waals surface area contributed by atoms with E-state index in [4.69, 9.17) is 0 Å². The molecule has 1 aliphatic heterocycles. The molecule has 3 aromatic rings. The number of aliphatic imine (C=N–C) groups is 1. The maximum Gasteiger partial charge on any atom is 0.258 e. The Morgan fingerprint density at radius 2 is 2.08 bits per heavy atom. The second kappa shape index (κ2) is 6.64. The van der Waals surface area contributed by atoms with E-state index >= 15 is 0 Å². The van der Waals surface area contributed by atoms with Crippen molar-refractivity contribution >= 4 is 26.0 Å². The standard InChI is InChI=1S/C18H18N4O3S/c23-11-13(8-12-9-20-16-6-2-1-4-14(12)16)22-26(24,25)18-15-5-3-7-19-17(15)10-21-18/h1-7,9,13,20,22-23H,8,10-11H2. The minimum atomic E-state index is -3.85. The van der Waals surface area contributed by atoms with Crippen LogP contribution in [0.4, 0.5) is 0 Å². The first kappa shape index (κ1) is 16.9. The van der Waals surface area contributed by atoms with Crippen LogP contribution in [0.15, 0.2) is 53.8 Å². The van der Waals surface area contributed by atoms with Crippen molar-refractivity contribution in [1.82, 2.24) is 14.7 Å². The van der Waals surface area contributed by atoms with Gasteiger partial charge in [0, 0.05) is 34.9 Å². The molecule has 0 aliphatic carbocycles. The molecule has 7 nitrogen and oxygen atoms in total. The molecule has 1 aliphatic rings. The molecule has 4 rings (SSSR count). The summed E-state index contributed by atoms with van der Waals surface area (Å²) in [5.41, 5.74) is 3.08. The number of sulfonamides is 1. The highest BCUT2D eigenvalue weighted by Gasteiger charge is 2.30. The van der Waals surface area contributed by atoms with Crippen molar-refractivity contribution in [2.45, 2.75) is 19.0 Å². The fraction of sp³-hybridized carbons (Fsp3) is 0.222. The average molecular weight is 370 g/mol. The molecule has 0 saturated carbocycles. The summed E-state index contributed by atoms with van der Waals surface area (Å²) in [4.78, 5) is 11.4. The molecule has 0 fully saturated rings. The van der Waals surface area contributed by atoms with Crippen LogP contribution < -0.4 is 4.72 Å². The van der Waals surface area contributed by atoms with E-state index in [2.05, 4.69) is 19.7 Å². The molecule has 1 unspecified atom stereocenters. The summed E-state index contributed by atoms with van der Waals surface area (Å²) < 4.78 is 28.1. The molecular weight excluding hydrogens is 352 g/mol. The van der Waals surface area contributed by atoms with Gasteiger partial charge in [-0.1, -0.05) is 18.2 Å². The van der Waals surface area contributed by atoms with Crippen LogP contribution in [0.25, 0.3) is 10.9 Å². The van der Waals surface area contributed by atoms with E-state index in [9.17, 15) is 13.5 Å². The summed E-state index contributed by atoms with van der Waals surface area (Å²) in [6.45, 7) is -0.0649. The van der Waals surface area contributed by atoms with Crippen molar-refractivity contribution in [2.75, 3.05) is 6.61 Å². The monoisotopic (exact) mass is 370 g/mol. The number of aromatic amines is 1. The van der Waals surface area contributed by atoms with E-state index in [1.807, 2.05) is 30.5 Å². The Balaban J connectivity index is 1.57. The van der Waals surface area contributed by atoms with Crippen molar-refractivity contribution in [3.8, 4) is 0 Å². The molecule has 1 aromatic carbocycles. The predicted molar refractivity (Wildman–Crippen MR) is 99.4 cm³/mol. The molecule has 0 radical (unpaired) electrons. The summed E-state index contributed by atoms with van der Waals surface area (Å²) in [7, 11) is -3.85. The Hall–Kier alpha value is -2.55. The van der Waals surface area contributed by atoms with Crippen LogP contribution >= 0.6 is 0 Å². The fourth-order valence-corrected chi connectivity index (χ4v) is 4.62. The number of nitrogens with one attached hydrogen (secondary N) is 2. The molecule has 3 N–H and O–H groups in total. The number of H-pyrrole nitrogens is 1. The fourth-order valence-electron chi connectivity index (χ4n) is 3.20. The molecule has 8 heteroatoms. The van der Waals surface area contributed by atoms with Gasteiger partial charge in [-0.3, -0.25) is 9.98 Å². The highest BCUT2D eigenvalue weighted by molar-refractivity contribution is 8.05. The van der Waals surface area contributed by atoms with Crippen molar-refractivity contribution in [3.05, 3.63) is 65.6 Å². The Bertz CT molecular complexity index is 1090. The second-order valence-electron chi connectivity index (χ2n) is 6.18. The van der Waals surface area contributed by atoms with E-state index in [1.165, 1.54) is 0 Å². The molecule has 2 aromatic heterocycles. The van der Waals surface area contributed by atoms with Crippen molar-refractivity contribution in [1.29, 1.82) is 0 Å². The number of fused-ring (bicyclic) bond motifs is 2. The minimum absolute atomic E-state index is 0.0158. The number of para-hydroxylation sites is 1. The van der Waals surface area contributed by atoms with Crippen LogP contribution in [0, 0.1) is 0 Å². The topological polar surface area (TPSA) is 107 Å². The lowest BCUT2D eigenvalue weighted by molar-refractivity contribution is 0.256. The Morgan fingerprint density at radius 3 is 2.92 bits per heavy atom. The van der Waals surface area contributed by atoms with Gasteiger partial charge in [0.15, 0.2) is 5.04 Å². The highest BCUT2D eigenvalue weighted by atomic mass is 32.2. The van der Waals surface area contributed by atoms with Gasteiger partial charge in [-0.25, -0.2) is 13.1 Å². The SMILES string of the molecule is O=S(=O)(NC(CO)Cc1c[nH]c2ccccc12)C1=NCc2ncccc21. The van der Waals surface area contributed by atoms with Crippen LogP contribution in [-0.4, -0.2) is 41.2 Å². The van der Waals surface area contributed by atoms with Gasteiger partial charge in [-0.2, -0.15) is 0 Å². The van der Waals surface area contributed by atoms with E-state index in [0.29, 0.717) is 17.7 Å². The van der Waals surface area contributed by atoms with Crippen LogP contribution in [0.1, 0.15) is 16.8 Å². The minimum Gasteiger partial charge on any atom is -0.395 e. The van der Waals surface area contributed by atoms with Crippen molar-refractivity contribution < 1.29 is 13.5 Å². The molecule has 3 heterocycles. The average Bonchev–Trinajstić information content (AvgIpc) is 3.26. The molecule has 0 saturated heterocycles. The Morgan fingerprint density at radius 1 is 1.23 bits per heavy atom. The first-order valence-electron chi connectivity index (χ1n) is 8.25. The lowest BCUT2D eigenvalue weighted by Crippen LogP contribution is -2.42. The van der Waals surface area contributed by atoms with E-state index in [0.717, 1.165) is 16.5 Å². The third-order valence-electron chi connectivity index (χ3n) is 4.43. The molecule has 26 heavy (non-hydrogen) atoms. The van der Waals surface area contributed by atoms with Crippen LogP contribution in [0.3, 0.4) is 0 Å². The number of pyridine rings is 1. The van der Waals surface area contributed by atoms with Gasteiger partial charge in [-0.15, -0.1) is 0 Å². The number of aliphatic hydroxyl groups excluding tert-OH is 1. The van der Waals surface area contributed by atoms with Crippen molar-refractivity contribution in [2.24, 2.45) is 4.99 Å². The maximum absolute atomic E-state index is 12.8. The van der Waals surface area contributed by atoms with E-state index in [-0.39, 0.29) is 18.2 Å². The quantitative estimate of drug-likeness (QED) is 0.630. The molecule has 0 spiro atoms. The normalized spacial score (nSPS) is 15.0. The van der Waals surface area contributed by atoms with Crippen LogP contribution in [-0.2, 0) is 23.0 Å². The zero-order valence-electron chi connectivity index (χ0n) is 13.9. The van der Waals surface area contributed by atoms with Crippen LogP contribution in [0.5, 0.6) is 0 Å². The number of rotatable bonds is 5. The molecule has 0 bridgehead atoms. The summed E-state index contributed by atoms with van der Waals surface area (Å²) in [5.74, 6) is 0. The van der Waals surface area contributed by atoms with Gasteiger partial charge >= 0.3 is 0 Å². The summed E-state index contributed by atoms with van der Waals surface area (Å²) in [6.07, 6.45) is 3.83. The maximum atomic E-state index is 12.8. The van der Waals surface area contributed by atoms with Gasteiger partial charge in [0.05, 0.1) is 18.8 Å². The van der Waals surface area contributed by atoms with E-state index in [1.54, 1.807) is 18.3 Å². The first-order chi connectivity index (χ1) is 12.6. The lowest BCUT2D eigenvalue weighted by atomic mass is 10.1. The zero-order valence-corrected chi connectivity index (χ0v) is 14.7. The van der Waals surface area contributed by atoms with Crippen LogP contribution in [0.2, 0.25) is 0 Å².